The molecule has 97 heavy (non-hydrogen) atoms. The van der Waals surface area contributed by atoms with Crippen molar-refractivity contribution < 1.29 is 62.5 Å². The van der Waals surface area contributed by atoms with Gasteiger partial charge >= 0.3 is 5.97 Å². The van der Waals surface area contributed by atoms with E-state index in [0.717, 1.165) is 11.1 Å². The lowest BCUT2D eigenvalue weighted by atomic mass is 9.77. The normalized spacial score (nSPS) is 31.8. The van der Waals surface area contributed by atoms with Crippen molar-refractivity contribution in [3.05, 3.63) is 70.8 Å². The molecule has 0 radical (unpaired) electrons. The molecule has 3 saturated heterocycles. The van der Waals surface area contributed by atoms with E-state index in [-0.39, 0.29) is 87.7 Å². The van der Waals surface area contributed by atoms with Gasteiger partial charge in [0.15, 0.2) is 0 Å². The number of aliphatic hydroxyl groups is 1. The summed E-state index contributed by atoms with van der Waals surface area (Å²) < 4.78 is 15.2. The number of carbonyl (C=O) groups excluding carboxylic acids is 9. The highest BCUT2D eigenvalue weighted by Crippen LogP contribution is 2.39. The molecule has 9 amide bonds. The monoisotopic (exact) mass is 1390 g/mol. The van der Waals surface area contributed by atoms with Gasteiger partial charge in [0.2, 0.25) is 53.2 Å². The van der Waals surface area contributed by atoms with Crippen molar-refractivity contribution in [2.45, 2.75) is 220 Å². The number of nitrogens with zero attached hydrogens (tertiary/aromatic N) is 1. The fourth-order valence-electron chi connectivity index (χ4n) is 14.4. The molecule has 8 rings (SSSR count). The summed E-state index contributed by atoms with van der Waals surface area (Å²) in [6.07, 6.45) is 2.61. The molecular weight excluding hydrogens is 1290 g/mol. The number of rotatable bonds is 15. The number of hydrogen-bond donors (Lipinski definition) is 15. The number of halogens is 1. The van der Waals surface area contributed by atoms with Gasteiger partial charge in [-0.05, 0) is 163 Å². The second-order valence-electron chi connectivity index (χ2n) is 27.3. The average Bonchev–Trinajstić information content (AvgIpc) is 1.57. The number of aliphatic carboxylic acids is 1. The van der Waals surface area contributed by atoms with E-state index in [2.05, 4.69) is 64.6 Å². The fraction of sp³-hybridized carbons (Fsp3) is 0.676. The Bertz CT molecular complexity index is 3040. The number of nitrogens with one attached hydrogen (secondary N) is 11. The zero-order valence-electron chi connectivity index (χ0n) is 56.0. The fourth-order valence-corrected chi connectivity index (χ4v) is 16.0. The number of carboxylic acid groups (broad SMARTS) is 1. The van der Waals surface area contributed by atoms with Crippen LogP contribution in [0.4, 0.5) is 4.39 Å². The van der Waals surface area contributed by atoms with Crippen LogP contribution in [0, 0.1) is 17.8 Å². The van der Waals surface area contributed by atoms with Gasteiger partial charge in [0.05, 0.1) is 12.5 Å². The van der Waals surface area contributed by atoms with E-state index < -0.39 is 126 Å². The molecule has 4 heterocycles. The van der Waals surface area contributed by atoms with Crippen LogP contribution in [0.3, 0.4) is 0 Å². The quantitative estimate of drug-likeness (QED) is 0.109. The summed E-state index contributed by atoms with van der Waals surface area (Å²) in [5.74, 6) is -6.36. The number of amides is 9. The first-order valence-electron chi connectivity index (χ1n) is 34.7. The zero-order chi connectivity index (χ0) is 69.6. The summed E-state index contributed by atoms with van der Waals surface area (Å²) in [4.78, 5) is 146. The van der Waals surface area contributed by atoms with Gasteiger partial charge in [0, 0.05) is 80.8 Å². The largest absolute Gasteiger partial charge is 0.481 e. The summed E-state index contributed by atoms with van der Waals surface area (Å²) in [6, 6.07) is 4.81. The van der Waals surface area contributed by atoms with Crippen molar-refractivity contribution >= 4 is 82.7 Å². The van der Waals surface area contributed by atoms with Crippen molar-refractivity contribution in [2.24, 2.45) is 29.2 Å². The maximum absolute atomic E-state index is 15.2. The lowest BCUT2D eigenvalue weighted by Crippen LogP contribution is -2.62. The first-order valence-corrected chi connectivity index (χ1v) is 37.0. The third-order valence-corrected chi connectivity index (χ3v) is 22.0. The number of alkyl halides is 1. The van der Waals surface area contributed by atoms with Crippen LogP contribution in [-0.2, 0) is 72.4 Å². The topological polar surface area (TPSA) is 399 Å². The summed E-state index contributed by atoms with van der Waals surface area (Å²) in [5, 5.41) is 53.2. The van der Waals surface area contributed by atoms with Gasteiger partial charge in [-0.15, -0.1) is 0 Å². The molecule has 2 aromatic rings. The SMILES string of the molecule is C[C@H]1NC(=O)[C@H](CCCCN)NC(=O)CCSCc2cccc(c2)CSCCNC(=O)[C@]2(C)CCCN2C(=O)[C@H](CC2CCC(O)CC2)NC(=O)[C@H](CC2CNCN2)NC(=O)[C@H](CC(=O)O)NC(=O)[C@H](CC2CNC3CCC(F)CC23)NC(=O)[C@H](Cc2cccc(CN)c2)NC1=O. The molecule has 2 aromatic carbocycles. The van der Waals surface area contributed by atoms with Crippen molar-refractivity contribution in [2.75, 3.05) is 50.9 Å². The third-order valence-electron chi connectivity index (χ3n) is 19.9. The van der Waals surface area contributed by atoms with Gasteiger partial charge in [-0.3, -0.25) is 47.9 Å². The highest BCUT2D eigenvalue weighted by atomic mass is 32.2. The zero-order valence-corrected chi connectivity index (χ0v) is 57.6. The highest BCUT2D eigenvalue weighted by molar-refractivity contribution is 7.98. The van der Waals surface area contributed by atoms with E-state index >= 15 is 23.6 Å². The second-order valence-corrected chi connectivity index (χ2v) is 29.5. The molecule has 4 aliphatic heterocycles. The minimum absolute atomic E-state index is 0.0534. The van der Waals surface area contributed by atoms with Crippen LogP contribution in [-0.4, -0.2) is 197 Å². The van der Waals surface area contributed by atoms with E-state index in [0.29, 0.717) is 131 Å². The summed E-state index contributed by atoms with van der Waals surface area (Å²) in [6.45, 7) is 5.25. The first-order chi connectivity index (χ1) is 46.6. The molecule has 2 aliphatic carbocycles. The van der Waals surface area contributed by atoms with Crippen LogP contribution in [0.15, 0.2) is 48.5 Å². The molecular formula is C68H103FN14O12S2. The molecule has 13 atom stereocenters. The minimum atomic E-state index is -1.86. The molecule has 5 fully saturated rings. The van der Waals surface area contributed by atoms with Gasteiger partial charge in [-0.25, -0.2) is 4.39 Å². The highest BCUT2D eigenvalue weighted by Gasteiger charge is 2.49. The second kappa shape index (κ2) is 37.6. The lowest BCUT2D eigenvalue weighted by Gasteiger charge is -2.38. The molecule has 0 aromatic heterocycles. The Morgan fingerprint density at radius 1 is 0.691 bits per heavy atom. The number of unbranched alkanes of at least 4 members (excludes halogenated alkanes) is 1. The smallest absolute Gasteiger partial charge is 0.305 e. The van der Waals surface area contributed by atoms with Crippen molar-refractivity contribution in [3.8, 4) is 0 Å². The Morgan fingerprint density at radius 2 is 1.34 bits per heavy atom. The number of carboxylic acids is 1. The molecule has 2 saturated carbocycles. The molecule has 536 valence electrons. The summed E-state index contributed by atoms with van der Waals surface area (Å²) in [5.41, 5.74) is 14.0. The van der Waals surface area contributed by atoms with Gasteiger partial charge in [0.25, 0.3) is 0 Å². The number of thioether (sulfide) groups is 2. The molecule has 17 N–H and O–H groups in total. The van der Waals surface area contributed by atoms with Crippen LogP contribution in [0.5, 0.6) is 0 Å². The number of aliphatic hydroxyl groups excluding tert-OH is 1. The molecule has 26 nitrogen and oxygen atoms in total. The van der Waals surface area contributed by atoms with Crippen LogP contribution in [0.25, 0.3) is 0 Å². The summed E-state index contributed by atoms with van der Waals surface area (Å²) >= 11 is 3.18. The molecule has 0 spiro atoms. The molecule has 29 heteroatoms. The number of carbonyl (C=O) groups is 10. The average molecular weight is 1390 g/mol. The van der Waals surface area contributed by atoms with Crippen LogP contribution >= 0.6 is 23.5 Å². The lowest BCUT2D eigenvalue weighted by molar-refractivity contribution is -0.147. The molecule has 5 unspecified atom stereocenters. The van der Waals surface area contributed by atoms with E-state index in [4.69, 9.17) is 11.5 Å². The van der Waals surface area contributed by atoms with Crippen molar-refractivity contribution in [3.63, 3.8) is 0 Å². The van der Waals surface area contributed by atoms with Crippen LogP contribution in [0.2, 0.25) is 0 Å². The van der Waals surface area contributed by atoms with E-state index in [1.807, 2.05) is 18.2 Å². The van der Waals surface area contributed by atoms with Gasteiger partial charge in [0.1, 0.15) is 54.0 Å². The van der Waals surface area contributed by atoms with Gasteiger partial charge in [-0.2, -0.15) is 23.5 Å². The Morgan fingerprint density at radius 3 is 2.04 bits per heavy atom. The standard InChI is InChI=1S/C68H103FN14O12S2/c1-40-60(88)78-53(29-42-8-5-9-43(26-42)34-71)62(90)79-54(30-46-35-74-51-18-15-47(69)31-50(46)51)63(91)81-56(33-59(86)87)65(93)80-55(32-48-36-72-39-75-48)64(92)82-57(28-41-13-16-49(84)17-14-41)66(94)83-23-7-20-68(83,2)67(95)73-22-25-97-38-45-11-6-10-44(27-45)37-96-24-19-58(85)77-52(61(89)76-40)12-3-4-21-70/h5-6,8-11,26-27,40-41,46-57,72,74-75,84H,3-4,7,12-25,28-39,70-71H2,1-2H3,(H,73,95)(H,76,89)(H,77,85)(H,78,88)(H,79,90)(H,80,93)(H,81,91)(H,82,92)(H,86,87)/t40-,41?,46?,47?,48?,49?,50?,51?,52+,53+,54+,55+,56+,57+,68+/m1/s1. The number of hydrogen-bond acceptors (Lipinski definition) is 18. The van der Waals surface area contributed by atoms with E-state index in [9.17, 15) is 39.0 Å². The number of benzene rings is 2. The Labute approximate surface area is 576 Å². The van der Waals surface area contributed by atoms with Crippen molar-refractivity contribution in [1.29, 1.82) is 0 Å². The van der Waals surface area contributed by atoms with Crippen LogP contribution < -0.4 is 70.0 Å². The maximum Gasteiger partial charge on any atom is 0.305 e. The van der Waals surface area contributed by atoms with E-state index in [1.54, 1.807) is 54.7 Å². The third kappa shape index (κ3) is 22.8. The minimum Gasteiger partial charge on any atom is -0.481 e. The Kier molecular flexibility index (Phi) is 29.6. The molecule has 6 aliphatic rings. The Hall–Kier alpha value is -6.47. The maximum atomic E-state index is 15.2. The number of nitrogens with two attached hydrogens (primary N) is 2. The van der Waals surface area contributed by atoms with Gasteiger partial charge in [-0.1, -0.05) is 48.5 Å². The summed E-state index contributed by atoms with van der Waals surface area (Å²) in [7, 11) is 0. The predicted octanol–water partition coefficient (Wildman–Crippen LogP) is 0.739. The van der Waals surface area contributed by atoms with Crippen LogP contribution in [0.1, 0.15) is 145 Å². The van der Waals surface area contributed by atoms with Crippen molar-refractivity contribution in [1.82, 2.24) is 63.4 Å². The van der Waals surface area contributed by atoms with E-state index in [1.165, 1.54) is 11.8 Å². The molecule has 2 bridgehead atoms. The Balaban J connectivity index is 1.11. The predicted molar refractivity (Wildman–Crippen MR) is 367 cm³/mol. The number of fused-ring (bicyclic) bond motifs is 4. The first kappa shape index (κ1) is 76.3. The van der Waals surface area contributed by atoms with Gasteiger partial charge < -0.3 is 85.1 Å².